The van der Waals surface area contributed by atoms with E-state index in [1.54, 1.807) is 17.5 Å². The van der Waals surface area contributed by atoms with Crippen LogP contribution in [0.1, 0.15) is 42.2 Å². The van der Waals surface area contributed by atoms with Gasteiger partial charge in [0.1, 0.15) is 11.5 Å². The van der Waals surface area contributed by atoms with E-state index in [2.05, 4.69) is 10.3 Å². The van der Waals surface area contributed by atoms with Crippen molar-refractivity contribution in [3.63, 3.8) is 0 Å². The fourth-order valence-electron chi connectivity index (χ4n) is 2.67. The number of benzene rings is 1. The summed E-state index contributed by atoms with van der Waals surface area (Å²) in [6, 6.07) is 6.19. The first-order chi connectivity index (χ1) is 10.5. The second kappa shape index (κ2) is 5.61. The van der Waals surface area contributed by atoms with Gasteiger partial charge >= 0.3 is 0 Å². The highest BCUT2D eigenvalue weighted by Crippen LogP contribution is 2.44. The van der Waals surface area contributed by atoms with E-state index in [4.69, 9.17) is 0 Å². The van der Waals surface area contributed by atoms with E-state index in [1.165, 1.54) is 30.4 Å². The molecular formula is C16H15FN2O2S. The second-order valence-electron chi connectivity index (χ2n) is 5.49. The summed E-state index contributed by atoms with van der Waals surface area (Å²) in [6.45, 7) is 1.43. The summed E-state index contributed by atoms with van der Waals surface area (Å²) in [5, 5.41) is 4.79. The van der Waals surface area contributed by atoms with Crippen LogP contribution in [0.15, 0.2) is 29.6 Å². The van der Waals surface area contributed by atoms with Gasteiger partial charge in [0.05, 0.1) is 5.41 Å². The molecule has 1 heterocycles. The van der Waals surface area contributed by atoms with Crippen LogP contribution >= 0.6 is 11.3 Å². The normalized spacial score (nSPS) is 15.9. The summed E-state index contributed by atoms with van der Waals surface area (Å²) in [6.07, 6.45) is 2.31. The third-order valence-electron chi connectivity index (χ3n) is 4.10. The summed E-state index contributed by atoms with van der Waals surface area (Å²) < 4.78 is 13.5. The van der Waals surface area contributed by atoms with E-state index < -0.39 is 5.41 Å². The first-order valence-electron chi connectivity index (χ1n) is 7.05. The number of halogens is 1. The van der Waals surface area contributed by atoms with Crippen molar-refractivity contribution in [3.05, 3.63) is 46.7 Å². The van der Waals surface area contributed by atoms with Gasteiger partial charge in [-0.3, -0.25) is 9.59 Å². The standard InChI is InChI=1S/C16H15FN2O2S/c1-10(20)13-9-22-15(18-13)19-14(21)16(6-3-7-16)11-4-2-5-12(17)8-11/h2,4-5,8-9H,3,6-7H2,1H3,(H,18,19,21). The zero-order valence-electron chi connectivity index (χ0n) is 12.1. The van der Waals surface area contributed by atoms with E-state index in [1.807, 2.05) is 0 Å². The summed E-state index contributed by atoms with van der Waals surface area (Å²) >= 11 is 1.22. The molecule has 0 aliphatic heterocycles. The molecule has 3 rings (SSSR count). The first-order valence-corrected chi connectivity index (χ1v) is 7.93. The molecule has 0 unspecified atom stereocenters. The van der Waals surface area contributed by atoms with Crippen molar-refractivity contribution >= 4 is 28.2 Å². The maximum atomic E-state index is 13.5. The minimum Gasteiger partial charge on any atom is -0.301 e. The number of anilines is 1. The maximum Gasteiger partial charge on any atom is 0.236 e. The number of hydrogen-bond acceptors (Lipinski definition) is 4. The highest BCUT2D eigenvalue weighted by Gasteiger charge is 2.46. The van der Waals surface area contributed by atoms with E-state index in [-0.39, 0.29) is 17.5 Å². The summed E-state index contributed by atoms with van der Waals surface area (Å²) in [4.78, 5) is 28.0. The van der Waals surface area contributed by atoms with Crippen molar-refractivity contribution < 1.29 is 14.0 Å². The monoisotopic (exact) mass is 318 g/mol. The van der Waals surface area contributed by atoms with Gasteiger partial charge in [-0.1, -0.05) is 18.6 Å². The van der Waals surface area contributed by atoms with E-state index >= 15 is 0 Å². The topological polar surface area (TPSA) is 59.1 Å². The van der Waals surface area contributed by atoms with Crippen molar-refractivity contribution in [3.8, 4) is 0 Å². The Hall–Kier alpha value is -2.08. The van der Waals surface area contributed by atoms with E-state index in [0.717, 1.165) is 6.42 Å². The van der Waals surface area contributed by atoms with Crippen molar-refractivity contribution in [2.75, 3.05) is 5.32 Å². The molecule has 1 aromatic heterocycles. The van der Waals surface area contributed by atoms with Gasteiger partial charge in [0.2, 0.25) is 5.91 Å². The first kappa shape index (κ1) is 14.8. The predicted octanol–water partition coefficient (Wildman–Crippen LogP) is 3.55. The molecule has 0 bridgehead atoms. The van der Waals surface area contributed by atoms with Crippen LogP contribution in [0, 0.1) is 5.82 Å². The SMILES string of the molecule is CC(=O)c1csc(NC(=O)C2(c3cccc(F)c3)CCC2)n1. The Kier molecular flexibility index (Phi) is 3.78. The number of carbonyl (C=O) groups is 2. The zero-order chi connectivity index (χ0) is 15.7. The summed E-state index contributed by atoms with van der Waals surface area (Å²) in [5.41, 5.74) is 0.345. The molecule has 1 amide bonds. The van der Waals surface area contributed by atoms with Crippen LogP contribution in [0.4, 0.5) is 9.52 Å². The lowest BCUT2D eigenvalue weighted by Crippen LogP contribution is -2.46. The molecule has 2 aromatic rings. The van der Waals surface area contributed by atoms with Crippen molar-refractivity contribution in [1.82, 2.24) is 4.98 Å². The third-order valence-corrected chi connectivity index (χ3v) is 4.86. The molecule has 1 fully saturated rings. The van der Waals surface area contributed by atoms with Crippen LogP contribution in [0.25, 0.3) is 0 Å². The lowest BCUT2D eigenvalue weighted by atomic mass is 9.64. The molecule has 1 saturated carbocycles. The second-order valence-corrected chi connectivity index (χ2v) is 6.35. The average molecular weight is 318 g/mol. The molecule has 0 spiro atoms. The quantitative estimate of drug-likeness (QED) is 0.877. The Labute approximate surface area is 131 Å². The molecule has 22 heavy (non-hydrogen) atoms. The summed E-state index contributed by atoms with van der Waals surface area (Å²) in [7, 11) is 0. The number of hydrogen-bond donors (Lipinski definition) is 1. The molecule has 4 nitrogen and oxygen atoms in total. The number of Topliss-reactive ketones (excluding diaryl/α,β-unsaturated/α-hetero) is 1. The third kappa shape index (κ3) is 2.54. The summed E-state index contributed by atoms with van der Waals surface area (Å²) in [5.74, 6) is -0.668. The van der Waals surface area contributed by atoms with Gasteiger partial charge in [-0.15, -0.1) is 11.3 Å². The lowest BCUT2D eigenvalue weighted by Gasteiger charge is -2.40. The molecule has 0 saturated heterocycles. The fourth-order valence-corrected chi connectivity index (χ4v) is 3.42. The van der Waals surface area contributed by atoms with Crippen molar-refractivity contribution in [1.29, 1.82) is 0 Å². The van der Waals surface area contributed by atoms with Crippen LogP contribution in [-0.2, 0) is 10.2 Å². The number of aromatic nitrogens is 1. The fraction of sp³-hybridized carbons (Fsp3) is 0.312. The van der Waals surface area contributed by atoms with Crippen LogP contribution in [0.2, 0.25) is 0 Å². The molecule has 1 aromatic carbocycles. The molecule has 114 valence electrons. The van der Waals surface area contributed by atoms with Crippen LogP contribution < -0.4 is 5.32 Å². The smallest absolute Gasteiger partial charge is 0.236 e. The van der Waals surface area contributed by atoms with E-state index in [9.17, 15) is 14.0 Å². The molecule has 1 N–H and O–H groups in total. The predicted molar refractivity (Wildman–Crippen MR) is 82.7 cm³/mol. The van der Waals surface area contributed by atoms with Crippen molar-refractivity contribution in [2.45, 2.75) is 31.6 Å². The van der Waals surface area contributed by atoms with Crippen LogP contribution in [0.3, 0.4) is 0 Å². The maximum absolute atomic E-state index is 13.5. The Morgan fingerprint density at radius 1 is 1.36 bits per heavy atom. The Bertz CT molecular complexity index is 737. The van der Waals surface area contributed by atoms with E-state index in [0.29, 0.717) is 29.2 Å². The Morgan fingerprint density at radius 2 is 2.14 bits per heavy atom. The van der Waals surface area contributed by atoms with Gasteiger partial charge < -0.3 is 5.32 Å². The van der Waals surface area contributed by atoms with Crippen LogP contribution in [-0.4, -0.2) is 16.7 Å². The average Bonchev–Trinajstić information content (AvgIpc) is 2.86. The highest BCUT2D eigenvalue weighted by molar-refractivity contribution is 7.14. The van der Waals surface area contributed by atoms with Crippen LogP contribution in [0.5, 0.6) is 0 Å². The van der Waals surface area contributed by atoms with Gasteiger partial charge in [-0.25, -0.2) is 9.37 Å². The number of ketones is 1. The minimum absolute atomic E-state index is 0.139. The number of nitrogens with one attached hydrogen (secondary N) is 1. The molecule has 0 radical (unpaired) electrons. The molecule has 6 heteroatoms. The molecule has 1 aliphatic rings. The van der Waals surface area contributed by atoms with Gasteiger partial charge in [0.25, 0.3) is 0 Å². The van der Waals surface area contributed by atoms with Crippen molar-refractivity contribution in [2.24, 2.45) is 0 Å². The molecule has 1 aliphatic carbocycles. The largest absolute Gasteiger partial charge is 0.301 e. The molecule has 0 atom stereocenters. The highest BCUT2D eigenvalue weighted by atomic mass is 32.1. The zero-order valence-corrected chi connectivity index (χ0v) is 12.9. The van der Waals surface area contributed by atoms with Gasteiger partial charge in [0.15, 0.2) is 10.9 Å². The van der Waals surface area contributed by atoms with Gasteiger partial charge in [0, 0.05) is 12.3 Å². The number of nitrogens with zero attached hydrogens (tertiary/aromatic N) is 1. The number of amides is 1. The Morgan fingerprint density at radius 3 is 2.68 bits per heavy atom. The number of carbonyl (C=O) groups excluding carboxylic acids is 2. The number of rotatable bonds is 4. The Balaban J connectivity index is 1.84. The van der Waals surface area contributed by atoms with Gasteiger partial charge in [-0.2, -0.15) is 0 Å². The molecular weight excluding hydrogens is 303 g/mol. The lowest BCUT2D eigenvalue weighted by molar-refractivity contribution is -0.124. The minimum atomic E-state index is -0.690. The number of thiazole rings is 1. The van der Waals surface area contributed by atoms with Gasteiger partial charge in [-0.05, 0) is 30.5 Å².